The van der Waals surface area contributed by atoms with E-state index in [0.29, 0.717) is 17.9 Å². The van der Waals surface area contributed by atoms with Gasteiger partial charge in [-0.25, -0.2) is 9.67 Å². The van der Waals surface area contributed by atoms with Crippen LogP contribution in [0.15, 0.2) is 89.7 Å². The number of aromatic amines is 1. The molecule has 2 aromatic carbocycles. The van der Waals surface area contributed by atoms with Crippen LogP contribution in [0.25, 0.3) is 5.57 Å². The molecule has 0 spiro atoms. The summed E-state index contributed by atoms with van der Waals surface area (Å²) in [5.74, 6) is 0.922. The number of aliphatic hydroxyl groups excluding tert-OH is 1. The molecule has 2 aromatic heterocycles. The van der Waals surface area contributed by atoms with Crippen LogP contribution in [0.3, 0.4) is 0 Å². The van der Waals surface area contributed by atoms with E-state index in [4.69, 9.17) is 21.7 Å². The maximum Gasteiger partial charge on any atom is 0.250 e. The molecule has 0 saturated heterocycles. The Morgan fingerprint density at radius 3 is 2.28 bits per heavy atom. The highest BCUT2D eigenvalue weighted by Crippen LogP contribution is 2.33. The molecule has 5 rings (SSSR count). The number of carbonyl (C=O) groups excluding carboxylic acids is 2. The Kier molecular flexibility index (Phi) is 9.29. The van der Waals surface area contributed by atoms with Crippen molar-refractivity contribution < 1.29 is 14.7 Å². The quantitative estimate of drug-likeness (QED) is 0.154. The van der Waals surface area contributed by atoms with Crippen LogP contribution in [0.5, 0.6) is 0 Å². The number of aromatic nitrogens is 3. The molecule has 0 radical (unpaired) electrons. The first-order valence-electron chi connectivity index (χ1n) is 14.0. The summed E-state index contributed by atoms with van der Waals surface area (Å²) in [6.45, 7) is 2.16. The number of rotatable bonds is 11. The van der Waals surface area contributed by atoms with E-state index in [1.165, 1.54) is 5.69 Å². The minimum absolute atomic E-state index is 0.0871. The fourth-order valence-electron chi connectivity index (χ4n) is 4.82. The average molecular weight is 600 g/mol. The van der Waals surface area contributed by atoms with Gasteiger partial charge in [0.1, 0.15) is 18.3 Å². The predicted molar refractivity (Wildman–Crippen MR) is 171 cm³/mol. The van der Waals surface area contributed by atoms with Crippen molar-refractivity contribution in [2.75, 3.05) is 28.4 Å². The average Bonchev–Trinajstić information content (AvgIpc) is 3.62. The highest BCUT2D eigenvalue weighted by Gasteiger charge is 2.19. The number of aryl methyl sites for hydroxylation is 1. The van der Waals surface area contributed by atoms with E-state index in [9.17, 15) is 9.59 Å². The molecule has 0 bridgehead atoms. The lowest BCUT2D eigenvalue weighted by atomic mass is 10.00. The first kappa shape index (κ1) is 29.7. The summed E-state index contributed by atoms with van der Waals surface area (Å²) in [5, 5.41) is 21.3. The lowest BCUT2D eigenvalue weighted by Crippen LogP contribution is -2.19. The largest absolute Gasteiger partial charge is 0.387 e. The summed E-state index contributed by atoms with van der Waals surface area (Å²) in [5.41, 5.74) is 7.15. The van der Waals surface area contributed by atoms with Crippen molar-refractivity contribution in [1.29, 1.82) is 0 Å². The second-order valence-electron chi connectivity index (χ2n) is 10.1. The molecular weight excluding hydrogens is 566 g/mol. The molecule has 10 nitrogen and oxygen atoms in total. The van der Waals surface area contributed by atoms with Crippen LogP contribution < -0.4 is 16.0 Å². The van der Waals surface area contributed by atoms with Crippen LogP contribution >= 0.6 is 11.6 Å². The third-order valence-corrected chi connectivity index (χ3v) is 7.25. The van der Waals surface area contributed by atoms with E-state index < -0.39 is 12.5 Å². The maximum absolute atomic E-state index is 11.7. The zero-order valence-electron chi connectivity index (χ0n) is 24.0. The molecule has 2 amide bonds. The molecule has 11 heteroatoms. The van der Waals surface area contributed by atoms with Gasteiger partial charge in [0.05, 0.1) is 17.1 Å². The third kappa shape index (κ3) is 6.99. The summed E-state index contributed by atoms with van der Waals surface area (Å²) < 4.78 is 4.01. The van der Waals surface area contributed by atoms with Crippen molar-refractivity contribution in [3.8, 4) is 0 Å². The number of alkyl halides is 1. The number of halogens is 1. The fraction of sp³-hybridized carbons (Fsp3) is 0.219. The molecule has 0 unspecified atom stereocenters. The summed E-state index contributed by atoms with van der Waals surface area (Å²) in [6.07, 6.45) is 8.12. The maximum atomic E-state index is 11.7. The topological polar surface area (TPSA) is 128 Å². The number of anilines is 3. The van der Waals surface area contributed by atoms with Crippen LogP contribution in [0.1, 0.15) is 35.9 Å². The highest BCUT2D eigenvalue weighted by atomic mass is 35.5. The van der Waals surface area contributed by atoms with E-state index in [-0.39, 0.29) is 11.8 Å². The first-order valence-corrected chi connectivity index (χ1v) is 14.6. The van der Waals surface area contributed by atoms with Gasteiger partial charge in [0.15, 0.2) is 5.84 Å². The molecule has 43 heavy (non-hydrogen) atoms. The number of H-pyrrole nitrogens is 1. The molecule has 1 aliphatic heterocycles. The zero-order valence-corrected chi connectivity index (χ0v) is 24.8. The van der Waals surface area contributed by atoms with Crippen molar-refractivity contribution in [2.24, 2.45) is 12.0 Å². The van der Waals surface area contributed by atoms with Crippen molar-refractivity contribution in [2.45, 2.75) is 26.3 Å². The van der Waals surface area contributed by atoms with Crippen LogP contribution in [-0.4, -0.2) is 49.6 Å². The monoisotopic (exact) mass is 599 g/mol. The smallest absolute Gasteiger partial charge is 0.250 e. The van der Waals surface area contributed by atoms with Gasteiger partial charge in [-0.05, 0) is 66.1 Å². The van der Waals surface area contributed by atoms with Gasteiger partial charge in [-0.15, -0.1) is 11.6 Å². The fourth-order valence-corrected chi connectivity index (χ4v) is 4.89. The lowest BCUT2D eigenvalue weighted by Gasteiger charge is -2.16. The number of nitrogens with zero attached hydrogens (tertiary/aromatic N) is 3. The van der Waals surface area contributed by atoms with Crippen molar-refractivity contribution in [1.82, 2.24) is 14.3 Å². The summed E-state index contributed by atoms with van der Waals surface area (Å²) in [7, 11) is 2.00. The van der Waals surface area contributed by atoms with E-state index in [2.05, 4.69) is 44.8 Å². The molecule has 3 heterocycles. The molecule has 222 valence electrons. The number of carbonyl (C=O) groups is 2. The highest BCUT2D eigenvalue weighted by molar-refractivity contribution is 6.29. The van der Waals surface area contributed by atoms with Crippen LogP contribution in [-0.2, 0) is 29.6 Å². The van der Waals surface area contributed by atoms with Crippen molar-refractivity contribution >= 4 is 52.0 Å². The Hall–Kier alpha value is -4.80. The van der Waals surface area contributed by atoms with Crippen molar-refractivity contribution in [3.05, 3.63) is 107 Å². The van der Waals surface area contributed by atoms with Crippen LogP contribution in [0.4, 0.5) is 17.2 Å². The molecule has 0 fully saturated rings. The van der Waals surface area contributed by atoms with Gasteiger partial charge in [0.2, 0.25) is 11.8 Å². The van der Waals surface area contributed by atoms with Crippen LogP contribution in [0, 0.1) is 0 Å². The van der Waals surface area contributed by atoms with Gasteiger partial charge in [-0.3, -0.25) is 14.7 Å². The number of allylic oxidation sites excluding steroid dienone is 2. The standard InChI is InChI=1S/C32H34ClN7O3/c1-3-4-25-19-40(38-25)29-15-13-26(37-29)32(22-7-11-24(12-8-22)36-31(43)20-41)27-14-16-28(39(27)2)34-18-21-5-9-23(10-6-21)35-30(42)17-33/h5-16,19,34,38,41H,3-4,17-18,20H2,1-2H3,(H,35,42)(H,36,43)/b32-26-. The number of nitrogens with one attached hydrogen (secondary N) is 4. The Morgan fingerprint density at radius 2 is 1.63 bits per heavy atom. The van der Waals surface area contributed by atoms with E-state index >= 15 is 0 Å². The predicted octanol–water partition coefficient (Wildman–Crippen LogP) is 5.10. The van der Waals surface area contributed by atoms with Gasteiger partial charge >= 0.3 is 0 Å². The minimum Gasteiger partial charge on any atom is -0.387 e. The molecule has 1 aliphatic rings. The third-order valence-electron chi connectivity index (χ3n) is 7.01. The molecule has 5 N–H and O–H groups in total. The van der Waals surface area contributed by atoms with Crippen LogP contribution in [0.2, 0.25) is 0 Å². The van der Waals surface area contributed by atoms with Gasteiger partial charge in [0, 0.05) is 36.7 Å². The molecule has 0 saturated carbocycles. The van der Waals surface area contributed by atoms with E-state index in [1.54, 1.807) is 0 Å². The van der Waals surface area contributed by atoms with Crippen molar-refractivity contribution in [3.63, 3.8) is 0 Å². The number of hydrogen-bond acceptors (Lipinski definition) is 5. The van der Waals surface area contributed by atoms with Gasteiger partial charge in [0.25, 0.3) is 0 Å². The summed E-state index contributed by atoms with van der Waals surface area (Å²) in [4.78, 5) is 28.2. The number of benzene rings is 2. The second kappa shape index (κ2) is 13.5. The molecular formula is C32H34ClN7O3. The Balaban J connectivity index is 1.42. The normalized spacial score (nSPS) is 13.6. The van der Waals surface area contributed by atoms with Gasteiger partial charge < -0.3 is 25.6 Å². The minimum atomic E-state index is -0.577. The number of aliphatic imine (C=N–C) groups is 1. The number of aliphatic hydroxyl groups is 1. The SMILES string of the molecule is CCCc1cn(C2=N/C(=C(/c3ccc(NC(=O)CO)cc3)c3ccc(NCc4ccc(NC(=O)CCl)cc4)n3C)C=C2)[nH]1. The Morgan fingerprint density at radius 1 is 0.953 bits per heavy atom. The molecule has 0 aliphatic carbocycles. The Labute approximate surface area is 254 Å². The summed E-state index contributed by atoms with van der Waals surface area (Å²) >= 11 is 5.58. The lowest BCUT2D eigenvalue weighted by molar-refractivity contribution is -0.118. The molecule has 4 aromatic rings. The Bertz CT molecular complexity index is 1680. The summed E-state index contributed by atoms with van der Waals surface area (Å²) in [6, 6.07) is 19.2. The van der Waals surface area contributed by atoms with Gasteiger partial charge in [-0.1, -0.05) is 37.6 Å². The van der Waals surface area contributed by atoms with Gasteiger partial charge in [-0.2, -0.15) is 0 Å². The van der Waals surface area contributed by atoms with E-state index in [1.807, 2.05) is 78.5 Å². The molecule has 0 atom stereocenters. The number of hydrogen-bond donors (Lipinski definition) is 5. The first-order chi connectivity index (χ1) is 20.9. The second-order valence-corrected chi connectivity index (χ2v) is 10.4. The van der Waals surface area contributed by atoms with E-state index in [0.717, 1.165) is 52.6 Å². The number of amides is 2. The zero-order chi connectivity index (χ0) is 30.3.